The fraction of sp³-hybridized carbons (Fsp3) is 0.500. The van der Waals surface area contributed by atoms with Crippen LogP contribution in [-0.2, 0) is 0 Å². The molecule has 1 nitrogen and oxygen atoms in total. The van der Waals surface area contributed by atoms with E-state index in [2.05, 4.69) is 44.7 Å². The van der Waals surface area contributed by atoms with Crippen molar-refractivity contribution < 1.29 is 4.74 Å². The van der Waals surface area contributed by atoms with Crippen LogP contribution in [0.3, 0.4) is 0 Å². The largest absolute Gasteiger partial charge is 0.490 e. The highest BCUT2D eigenvalue weighted by atomic mass is 16.5. The predicted molar refractivity (Wildman–Crippen MR) is 72.4 cm³/mol. The van der Waals surface area contributed by atoms with Crippen LogP contribution in [0.2, 0.25) is 0 Å². The SMILES string of the molecule is C=C(C)[C@H]1CCC[C@@H](Oc2cccc(C)c2)C1. The van der Waals surface area contributed by atoms with Gasteiger partial charge < -0.3 is 4.74 Å². The van der Waals surface area contributed by atoms with Crippen LogP contribution in [0.1, 0.15) is 38.2 Å². The first-order valence-electron chi connectivity index (χ1n) is 6.54. The molecule has 0 spiro atoms. The molecule has 1 aliphatic carbocycles. The van der Waals surface area contributed by atoms with Crippen LogP contribution in [0.15, 0.2) is 36.4 Å². The molecule has 0 heterocycles. The van der Waals surface area contributed by atoms with Crippen LogP contribution >= 0.6 is 0 Å². The minimum atomic E-state index is 0.368. The van der Waals surface area contributed by atoms with Crippen molar-refractivity contribution in [1.82, 2.24) is 0 Å². The lowest BCUT2D eigenvalue weighted by Gasteiger charge is -2.30. The molecule has 0 saturated heterocycles. The molecule has 2 rings (SSSR count). The van der Waals surface area contributed by atoms with Gasteiger partial charge in [0, 0.05) is 0 Å². The molecule has 0 N–H and O–H groups in total. The van der Waals surface area contributed by atoms with Crippen molar-refractivity contribution in [2.24, 2.45) is 5.92 Å². The summed E-state index contributed by atoms with van der Waals surface area (Å²) in [4.78, 5) is 0. The maximum absolute atomic E-state index is 6.08. The lowest BCUT2D eigenvalue weighted by Crippen LogP contribution is -2.25. The topological polar surface area (TPSA) is 9.23 Å². The number of benzene rings is 1. The lowest BCUT2D eigenvalue weighted by molar-refractivity contribution is 0.133. The first kappa shape index (κ1) is 12.2. The van der Waals surface area contributed by atoms with E-state index in [9.17, 15) is 0 Å². The molecule has 0 amide bonds. The van der Waals surface area contributed by atoms with E-state index >= 15 is 0 Å². The molecule has 0 aliphatic heterocycles. The number of allylic oxidation sites excluding steroid dienone is 1. The molecule has 1 aliphatic rings. The Hall–Kier alpha value is -1.24. The minimum Gasteiger partial charge on any atom is -0.490 e. The fourth-order valence-electron chi connectivity index (χ4n) is 2.58. The van der Waals surface area contributed by atoms with E-state index in [0.29, 0.717) is 12.0 Å². The molecule has 1 heteroatoms. The molecule has 0 radical (unpaired) electrons. The first-order valence-corrected chi connectivity index (χ1v) is 6.54. The maximum Gasteiger partial charge on any atom is 0.119 e. The van der Waals surface area contributed by atoms with Crippen molar-refractivity contribution in [3.8, 4) is 5.75 Å². The Kier molecular flexibility index (Phi) is 3.88. The molecule has 0 bridgehead atoms. The number of aryl methyl sites for hydroxylation is 1. The van der Waals surface area contributed by atoms with Crippen molar-refractivity contribution in [2.45, 2.75) is 45.6 Å². The Morgan fingerprint density at radius 2 is 2.18 bits per heavy atom. The van der Waals surface area contributed by atoms with Gasteiger partial charge in [-0.05, 0) is 63.1 Å². The Bertz CT molecular complexity index is 394. The number of hydrogen-bond donors (Lipinski definition) is 0. The zero-order valence-electron chi connectivity index (χ0n) is 10.9. The van der Waals surface area contributed by atoms with E-state index in [1.54, 1.807) is 0 Å². The zero-order valence-corrected chi connectivity index (χ0v) is 10.9. The van der Waals surface area contributed by atoms with Gasteiger partial charge in [-0.25, -0.2) is 0 Å². The summed E-state index contributed by atoms with van der Waals surface area (Å²) in [5.74, 6) is 1.66. The van der Waals surface area contributed by atoms with Gasteiger partial charge >= 0.3 is 0 Å². The van der Waals surface area contributed by atoms with Crippen molar-refractivity contribution in [3.05, 3.63) is 42.0 Å². The summed E-state index contributed by atoms with van der Waals surface area (Å²) in [6.07, 6.45) is 5.21. The third-order valence-electron chi connectivity index (χ3n) is 3.62. The summed E-state index contributed by atoms with van der Waals surface area (Å²) in [6, 6.07) is 8.33. The third-order valence-corrected chi connectivity index (χ3v) is 3.62. The van der Waals surface area contributed by atoms with Gasteiger partial charge in [0.2, 0.25) is 0 Å². The van der Waals surface area contributed by atoms with Gasteiger partial charge in [0.1, 0.15) is 5.75 Å². The highest BCUT2D eigenvalue weighted by Gasteiger charge is 2.23. The summed E-state index contributed by atoms with van der Waals surface area (Å²) >= 11 is 0. The molecule has 0 unspecified atom stereocenters. The van der Waals surface area contributed by atoms with E-state index in [0.717, 1.165) is 12.2 Å². The molecular weight excluding hydrogens is 208 g/mol. The van der Waals surface area contributed by atoms with E-state index < -0.39 is 0 Å². The Balaban J connectivity index is 1.97. The summed E-state index contributed by atoms with van der Waals surface area (Å²) in [5, 5.41) is 0. The zero-order chi connectivity index (χ0) is 12.3. The Labute approximate surface area is 104 Å². The molecule has 1 fully saturated rings. The maximum atomic E-state index is 6.08. The highest BCUT2D eigenvalue weighted by Crippen LogP contribution is 2.31. The van der Waals surface area contributed by atoms with E-state index in [4.69, 9.17) is 4.74 Å². The summed E-state index contributed by atoms with van der Waals surface area (Å²) in [6.45, 7) is 8.32. The van der Waals surface area contributed by atoms with Gasteiger partial charge in [-0.2, -0.15) is 0 Å². The van der Waals surface area contributed by atoms with Crippen LogP contribution in [0.25, 0.3) is 0 Å². The highest BCUT2D eigenvalue weighted by molar-refractivity contribution is 5.27. The molecule has 92 valence electrons. The van der Waals surface area contributed by atoms with Gasteiger partial charge in [-0.1, -0.05) is 24.3 Å². The second kappa shape index (κ2) is 5.39. The van der Waals surface area contributed by atoms with Crippen molar-refractivity contribution in [1.29, 1.82) is 0 Å². The quantitative estimate of drug-likeness (QED) is 0.694. The summed E-state index contributed by atoms with van der Waals surface area (Å²) in [7, 11) is 0. The Morgan fingerprint density at radius 1 is 1.35 bits per heavy atom. The lowest BCUT2D eigenvalue weighted by atomic mass is 9.83. The second-order valence-corrected chi connectivity index (χ2v) is 5.27. The van der Waals surface area contributed by atoms with E-state index in [-0.39, 0.29) is 0 Å². The van der Waals surface area contributed by atoms with Crippen molar-refractivity contribution in [2.75, 3.05) is 0 Å². The summed E-state index contributed by atoms with van der Waals surface area (Å²) in [5.41, 5.74) is 2.57. The van der Waals surface area contributed by atoms with Crippen LogP contribution in [0, 0.1) is 12.8 Å². The van der Waals surface area contributed by atoms with Crippen LogP contribution in [0.4, 0.5) is 0 Å². The number of hydrogen-bond acceptors (Lipinski definition) is 1. The normalized spacial score (nSPS) is 24.4. The van der Waals surface area contributed by atoms with Crippen LogP contribution in [0.5, 0.6) is 5.75 Å². The molecule has 17 heavy (non-hydrogen) atoms. The average Bonchev–Trinajstić information content (AvgIpc) is 2.29. The molecule has 1 aromatic carbocycles. The van der Waals surface area contributed by atoms with Gasteiger partial charge in [0.15, 0.2) is 0 Å². The molecule has 2 atom stereocenters. The van der Waals surface area contributed by atoms with Crippen LogP contribution < -0.4 is 4.74 Å². The molecular formula is C16H22O. The van der Waals surface area contributed by atoms with E-state index in [1.165, 1.54) is 30.4 Å². The van der Waals surface area contributed by atoms with Gasteiger partial charge in [-0.15, -0.1) is 0 Å². The fourth-order valence-corrected chi connectivity index (χ4v) is 2.58. The Morgan fingerprint density at radius 3 is 2.88 bits per heavy atom. The molecule has 0 aromatic heterocycles. The van der Waals surface area contributed by atoms with Gasteiger partial charge in [0.25, 0.3) is 0 Å². The van der Waals surface area contributed by atoms with Gasteiger partial charge in [0.05, 0.1) is 6.10 Å². The second-order valence-electron chi connectivity index (χ2n) is 5.27. The first-order chi connectivity index (χ1) is 8.15. The summed E-state index contributed by atoms with van der Waals surface area (Å²) < 4.78 is 6.08. The average molecular weight is 230 g/mol. The number of rotatable bonds is 3. The van der Waals surface area contributed by atoms with Crippen molar-refractivity contribution >= 4 is 0 Å². The van der Waals surface area contributed by atoms with E-state index in [1.807, 2.05) is 0 Å². The minimum absolute atomic E-state index is 0.368. The third kappa shape index (κ3) is 3.36. The molecule has 1 aromatic rings. The smallest absolute Gasteiger partial charge is 0.119 e. The van der Waals surface area contributed by atoms with Gasteiger partial charge in [-0.3, -0.25) is 0 Å². The van der Waals surface area contributed by atoms with Crippen molar-refractivity contribution in [3.63, 3.8) is 0 Å². The van der Waals surface area contributed by atoms with Crippen LogP contribution in [-0.4, -0.2) is 6.10 Å². The standard InChI is InChI=1S/C16H22O/c1-12(2)14-7-5-9-16(11-14)17-15-8-4-6-13(3)10-15/h4,6,8,10,14,16H,1,5,7,9,11H2,2-3H3/t14-,16+/m0/s1. The monoisotopic (exact) mass is 230 g/mol. The predicted octanol–water partition coefficient (Wildman–Crippen LogP) is 4.51. The number of ether oxygens (including phenoxy) is 1. The molecule has 1 saturated carbocycles.